The van der Waals surface area contributed by atoms with E-state index >= 15 is 0 Å². The van der Waals surface area contributed by atoms with Gasteiger partial charge in [-0.2, -0.15) is 0 Å². The van der Waals surface area contributed by atoms with E-state index in [2.05, 4.69) is 19.2 Å². The van der Waals surface area contributed by atoms with Gasteiger partial charge in [-0.05, 0) is 37.8 Å². The molecule has 0 bridgehead atoms. The van der Waals surface area contributed by atoms with Crippen LogP contribution in [0.15, 0.2) is 0 Å². The molecule has 0 aromatic carbocycles. The summed E-state index contributed by atoms with van der Waals surface area (Å²) in [5, 5.41) is 3.45. The maximum atomic E-state index is 3.45. The lowest BCUT2D eigenvalue weighted by atomic mass is 9.86. The van der Waals surface area contributed by atoms with Gasteiger partial charge in [0.15, 0.2) is 0 Å². The second-order valence-corrected chi connectivity index (χ2v) is 3.49. The molecule has 1 rings (SSSR count). The van der Waals surface area contributed by atoms with Crippen LogP contribution in [0.5, 0.6) is 0 Å². The minimum Gasteiger partial charge on any atom is -0.316 e. The summed E-state index contributed by atoms with van der Waals surface area (Å²) in [6.45, 7) is 7.17. The van der Waals surface area contributed by atoms with Crippen LogP contribution < -0.4 is 5.32 Å². The Morgan fingerprint density at radius 1 is 1.60 bits per heavy atom. The van der Waals surface area contributed by atoms with Crippen LogP contribution >= 0.6 is 0 Å². The monoisotopic (exact) mass is 141 g/mol. The molecular weight excluding hydrogens is 122 g/mol. The van der Waals surface area contributed by atoms with E-state index in [0.29, 0.717) is 0 Å². The van der Waals surface area contributed by atoms with Crippen molar-refractivity contribution in [2.45, 2.75) is 33.1 Å². The minimum absolute atomic E-state index is 0.924. The Morgan fingerprint density at radius 3 is 2.90 bits per heavy atom. The van der Waals surface area contributed by atoms with Crippen molar-refractivity contribution in [3.8, 4) is 0 Å². The van der Waals surface area contributed by atoms with Crippen molar-refractivity contribution in [3.63, 3.8) is 0 Å². The first-order chi connectivity index (χ1) is 4.84. The van der Waals surface area contributed by atoms with Crippen LogP contribution in [0.4, 0.5) is 0 Å². The molecule has 2 atom stereocenters. The van der Waals surface area contributed by atoms with Crippen molar-refractivity contribution in [3.05, 3.63) is 0 Å². The van der Waals surface area contributed by atoms with Gasteiger partial charge < -0.3 is 5.32 Å². The van der Waals surface area contributed by atoms with Crippen LogP contribution in [-0.2, 0) is 0 Å². The van der Waals surface area contributed by atoms with Gasteiger partial charge in [0.2, 0.25) is 0 Å². The molecule has 1 fully saturated rings. The molecular formula is C9H19N. The SMILES string of the molecule is CC[C@@H](C)C1CCCNC1. The summed E-state index contributed by atoms with van der Waals surface area (Å²) in [7, 11) is 0. The van der Waals surface area contributed by atoms with Gasteiger partial charge in [-0.1, -0.05) is 20.3 Å². The zero-order chi connectivity index (χ0) is 7.40. The van der Waals surface area contributed by atoms with Crippen molar-refractivity contribution < 1.29 is 0 Å². The summed E-state index contributed by atoms with van der Waals surface area (Å²) in [6, 6.07) is 0. The highest BCUT2D eigenvalue weighted by atomic mass is 14.9. The van der Waals surface area contributed by atoms with E-state index in [1.807, 2.05) is 0 Å². The van der Waals surface area contributed by atoms with E-state index in [1.54, 1.807) is 0 Å². The van der Waals surface area contributed by atoms with Crippen LogP contribution in [0.1, 0.15) is 33.1 Å². The molecule has 60 valence electrons. The van der Waals surface area contributed by atoms with Crippen LogP contribution in [0.25, 0.3) is 0 Å². The maximum Gasteiger partial charge on any atom is -0.00180 e. The Balaban J connectivity index is 2.24. The minimum atomic E-state index is 0.924. The van der Waals surface area contributed by atoms with Crippen molar-refractivity contribution in [1.29, 1.82) is 0 Å². The van der Waals surface area contributed by atoms with Crippen LogP contribution in [0, 0.1) is 11.8 Å². The normalized spacial score (nSPS) is 30.0. The van der Waals surface area contributed by atoms with Gasteiger partial charge >= 0.3 is 0 Å². The first-order valence-electron chi connectivity index (χ1n) is 4.55. The fourth-order valence-electron chi connectivity index (χ4n) is 1.70. The fraction of sp³-hybridized carbons (Fsp3) is 1.00. The number of hydrogen-bond donors (Lipinski definition) is 1. The van der Waals surface area contributed by atoms with E-state index in [0.717, 1.165) is 11.8 Å². The Kier molecular flexibility index (Phi) is 3.20. The second kappa shape index (κ2) is 3.97. The third kappa shape index (κ3) is 1.98. The largest absolute Gasteiger partial charge is 0.316 e. The van der Waals surface area contributed by atoms with E-state index < -0.39 is 0 Å². The fourth-order valence-corrected chi connectivity index (χ4v) is 1.70. The lowest BCUT2D eigenvalue weighted by Crippen LogP contribution is -2.33. The van der Waals surface area contributed by atoms with Gasteiger partial charge in [-0.15, -0.1) is 0 Å². The number of hydrogen-bond acceptors (Lipinski definition) is 1. The molecule has 0 saturated carbocycles. The maximum absolute atomic E-state index is 3.45. The summed E-state index contributed by atoms with van der Waals surface area (Å²) in [4.78, 5) is 0. The number of piperidine rings is 1. The van der Waals surface area contributed by atoms with Gasteiger partial charge in [0.25, 0.3) is 0 Å². The molecule has 1 N–H and O–H groups in total. The Hall–Kier alpha value is -0.0400. The van der Waals surface area contributed by atoms with Crippen LogP contribution in [0.2, 0.25) is 0 Å². The summed E-state index contributed by atoms with van der Waals surface area (Å²) < 4.78 is 0. The molecule has 1 heteroatoms. The molecule has 0 aromatic heterocycles. The third-order valence-electron chi connectivity index (χ3n) is 2.78. The topological polar surface area (TPSA) is 12.0 Å². The van der Waals surface area contributed by atoms with Crippen molar-refractivity contribution >= 4 is 0 Å². The molecule has 0 amide bonds. The number of rotatable bonds is 2. The lowest BCUT2D eigenvalue weighted by Gasteiger charge is -2.27. The molecule has 0 spiro atoms. The zero-order valence-corrected chi connectivity index (χ0v) is 7.19. The van der Waals surface area contributed by atoms with Crippen molar-refractivity contribution in [1.82, 2.24) is 5.32 Å². The summed E-state index contributed by atoms with van der Waals surface area (Å²) in [5.74, 6) is 1.88. The highest BCUT2D eigenvalue weighted by Gasteiger charge is 2.17. The van der Waals surface area contributed by atoms with Crippen molar-refractivity contribution in [2.75, 3.05) is 13.1 Å². The molecule has 0 aromatic rings. The van der Waals surface area contributed by atoms with E-state index in [4.69, 9.17) is 0 Å². The van der Waals surface area contributed by atoms with Gasteiger partial charge in [0.05, 0.1) is 0 Å². The average molecular weight is 141 g/mol. The molecule has 1 aliphatic heterocycles. The lowest BCUT2D eigenvalue weighted by molar-refractivity contribution is 0.274. The number of nitrogens with one attached hydrogen (secondary N) is 1. The molecule has 1 nitrogen and oxygen atoms in total. The molecule has 0 radical (unpaired) electrons. The summed E-state index contributed by atoms with van der Waals surface area (Å²) >= 11 is 0. The predicted octanol–water partition coefficient (Wildman–Crippen LogP) is 2.03. The highest BCUT2D eigenvalue weighted by molar-refractivity contribution is 4.72. The average Bonchev–Trinajstić information content (AvgIpc) is 2.05. The molecule has 10 heavy (non-hydrogen) atoms. The smallest absolute Gasteiger partial charge is 0.00180 e. The molecule has 1 aliphatic rings. The molecule has 1 unspecified atom stereocenters. The third-order valence-corrected chi connectivity index (χ3v) is 2.78. The van der Waals surface area contributed by atoms with E-state index in [9.17, 15) is 0 Å². The Bertz CT molecular complexity index is 84.7. The summed E-state index contributed by atoms with van der Waals surface area (Å²) in [5.41, 5.74) is 0. The standard InChI is InChI=1S/C9H19N/c1-3-8(2)9-5-4-6-10-7-9/h8-10H,3-7H2,1-2H3/t8-,9?/m1/s1. The molecule has 1 saturated heterocycles. The summed E-state index contributed by atoms with van der Waals surface area (Å²) in [6.07, 6.45) is 4.17. The Labute approximate surface area is 64.2 Å². The second-order valence-electron chi connectivity index (χ2n) is 3.49. The molecule has 1 heterocycles. The van der Waals surface area contributed by atoms with E-state index in [-0.39, 0.29) is 0 Å². The highest BCUT2D eigenvalue weighted by Crippen LogP contribution is 2.21. The Morgan fingerprint density at radius 2 is 2.40 bits per heavy atom. The van der Waals surface area contributed by atoms with E-state index in [1.165, 1.54) is 32.4 Å². The van der Waals surface area contributed by atoms with Crippen LogP contribution in [0.3, 0.4) is 0 Å². The predicted molar refractivity (Wildman–Crippen MR) is 45.0 cm³/mol. The van der Waals surface area contributed by atoms with Gasteiger partial charge in [-0.3, -0.25) is 0 Å². The van der Waals surface area contributed by atoms with Gasteiger partial charge in [0.1, 0.15) is 0 Å². The van der Waals surface area contributed by atoms with Crippen LogP contribution in [-0.4, -0.2) is 13.1 Å². The zero-order valence-electron chi connectivity index (χ0n) is 7.19. The van der Waals surface area contributed by atoms with Gasteiger partial charge in [-0.25, -0.2) is 0 Å². The van der Waals surface area contributed by atoms with Gasteiger partial charge in [0, 0.05) is 0 Å². The molecule has 0 aliphatic carbocycles. The first kappa shape index (κ1) is 8.06. The van der Waals surface area contributed by atoms with Crippen molar-refractivity contribution in [2.24, 2.45) is 11.8 Å². The quantitative estimate of drug-likeness (QED) is 0.620. The first-order valence-corrected chi connectivity index (χ1v) is 4.55.